The van der Waals surface area contributed by atoms with Crippen LogP contribution in [0.2, 0.25) is 0 Å². The van der Waals surface area contributed by atoms with Gasteiger partial charge in [-0.3, -0.25) is 9.59 Å². The number of carboxylic acid groups (broad SMARTS) is 1. The molecule has 0 saturated carbocycles. The largest absolute Gasteiger partial charge is 0.481 e. The topological polar surface area (TPSA) is 60.9 Å². The van der Waals surface area contributed by atoms with Crippen molar-refractivity contribution in [1.82, 2.24) is 9.80 Å². The summed E-state index contributed by atoms with van der Waals surface area (Å²) in [6, 6.07) is 0. The van der Waals surface area contributed by atoms with Crippen molar-refractivity contribution in [2.24, 2.45) is 11.8 Å². The van der Waals surface area contributed by atoms with Crippen molar-refractivity contribution >= 4 is 11.9 Å². The zero-order chi connectivity index (χ0) is 14.3. The lowest BCUT2D eigenvalue weighted by atomic mass is 9.94. The van der Waals surface area contributed by atoms with Crippen molar-refractivity contribution in [3.8, 4) is 0 Å². The van der Waals surface area contributed by atoms with Gasteiger partial charge in [-0.15, -0.1) is 0 Å². The van der Waals surface area contributed by atoms with E-state index in [0.29, 0.717) is 13.1 Å². The molecule has 1 N–H and O–H groups in total. The number of carbonyl (C=O) groups is 2. The second-order valence-corrected chi connectivity index (χ2v) is 4.99. The van der Waals surface area contributed by atoms with Crippen molar-refractivity contribution in [2.45, 2.75) is 27.2 Å². The summed E-state index contributed by atoms with van der Waals surface area (Å²) in [5, 5.41) is 8.93. The number of nitrogens with zero attached hydrogens (tertiary/aromatic N) is 2. The van der Waals surface area contributed by atoms with Crippen molar-refractivity contribution in [1.29, 1.82) is 0 Å². The van der Waals surface area contributed by atoms with Crippen molar-refractivity contribution in [3.63, 3.8) is 0 Å². The molecule has 2 unspecified atom stereocenters. The molecule has 0 aliphatic carbocycles. The van der Waals surface area contributed by atoms with Gasteiger partial charge in [-0.05, 0) is 34.0 Å². The van der Waals surface area contributed by atoms with Crippen LogP contribution in [0.15, 0.2) is 0 Å². The van der Waals surface area contributed by atoms with Gasteiger partial charge in [0.15, 0.2) is 0 Å². The Morgan fingerprint density at radius 1 is 1.11 bits per heavy atom. The van der Waals surface area contributed by atoms with E-state index < -0.39 is 17.8 Å². The number of hydrogen-bond acceptors (Lipinski definition) is 3. The van der Waals surface area contributed by atoms with Crippen LogP contribution in [0.25, 0.3) is 0 Å². The number of amides is 1. The van der Waals surface area contributed by atoms with Crippen LogP contribution in [0.4, 0.5) is 0 Å². The predicted molar refractivity (Wildman–Crippen MR) is 71.4 cm³/mol. The average molecular weight is 258 g/mol. The molecule has 18 heavy (non-hydrogen) atoms. The maximum Gasteiger partial charge on any atom is 0.307 e. The molecule has 0 aromatic carbocycles. The quantitative estimate of drug-likeness (QED) is 0.709. The molecular formula is C13H26N2O3. The summed E-state index contributed by atoms with van der Waals surface area (Å²) in [7, 11) is 3.99. The Bertz CT molecular complexity index is 279. The van der Waals surface area contributed by atoms with E-state index in [2.05, 4.69) is 4.90 Å². The molecule has 0 radical (unpaired) electrons. The number of aliphatic carboxylic acids is 1. The van der Waals surface area contributed by atoms with E-state index in [1.807, 2.05) is 21.0 Å². The summed E-state index contributed by atoms with van der Waals surface area (Å²) >= 11 is 0. The van der Waals surface area contributed by atoms with Crippen molar-refractivity contribution < 1.29 is 14.7 Å². The van der Waals surface area contributed by atoms with E-state index >= 15 is 0 Å². The van der Waals surface area contributed by atoms with E-state index in [9.17, 15) is 9.59 Å². The molecule has 0 spiro atoms. The molecule has 0 rings (SSSR count). The Hall–Kier alpha value is -1.10. The minimum absolute atomic E-state index is 0.0637. The molecule has 0 saturated heterocycles. The van der Waals surface area contributed by atoms with E-state index in [1.54, 1.807) is 18.7 Å². The molecule has 0 heterocycles. The first-order valence-corrected chi connectivity index (χ1v) is 6.47. The minimum atomic E-state index is -0.916. The fourth-order valence-electron chi connectivity index (χ4n) is 1.72. The number of rotatable bonds is 8. The fraction of sp³-hybridized carbons (Fsp3) is 0.846. The third-order valence-electron chi connectivity index (χ3n) is 3.26. The summed E-state index contributed by atoms with van der Waals surface area (Å²) in [6.45, 7) is 7.43. The van der Waals surface area contributed by atoms with Crippen LogP contribution in [0.1, 0.15) is 27.2 Å². The van der Waals surface area contributed by atoms with Crippen LogP contribution < -0.4 is 0 Å². The Balaban J connectivity index is 4.37. The van der Waals surface area contributed by atoms with Crippen LogP contribution in [0.3, 0.4) is 0 Å². The smallest absolute Gasteiger partial charge is 0.307 e. The summed E-state index contributed by atoms with van der Waals surface area (Å²) in [6.07, 6.45) is 0.904. The second kappa shape index (κ2) is 8.08. The van der Waals surface area contributed by atoms with Crippen molar-refractivity contribution in [3.05, 3.63) is 0 Å². The average Bonchev–Trinajstić information content (AvgIpc) is 2.31. The summed E-state index contributed by atoms with van der Waals surface area (Å²) in [4.78, 5) is 26.8. The number of carboxylic acids is 1. The maximum absolute atomic E-state index is 12.1. The van der Waals surface area contributed by atoms with Gasteiger partial charge in [-0.2, -0.15) is 0 Å². The molecular weight excluding hydrogens is 232 g/mol. The Morgan fingerprint density at radius 2 is 1.67 bits per heavy atom. The second-order valence-electron chi connectivity index (χ2n) is 4.99. The standard InChI is InChI=1S/C13H26N2O3/c1-6-15(9-7-8-14(4)5)12(16)10(2)11(3)13(17)18/h10-11H,6-9H2,1-5H3,(H,17,18). The molecule has 0 aromatic rings. The normalized spacial score (nSPS) is 14.3. The van der Waals surface area contributed by atoms with E-state index in [1.165, 1.54) is 0 Å². The lowest BCUT2D eigenvalue weighted by Crippen LogP contribution is -2.40. The Kier molecular flexibility index (Phi) is 7.59. The van der Waals surface area contributed by atoms with Gasteiger partial charge in [0.2, 0.25) is 5.91 Å². The molecule has 106 valence electrons. The third-order valence-corrected chi connectivity index (χ3v) is 3.26. The monoisotopic (exact) mass is 258 g/mol. The highest BCUT2D eigenvalue weighted by molar-refractivity contribution is 5.84. The number of hydrogen-bond donors (Lipinski definition) is 1. The van der Waals surface area contributed by atoms with Crippen molar-refractivity contribution in [2.75, 3.05) is 33.7 Å². The van der Waals surface area contributed by atoms with Gasteiger partial charge < -0.3 is 14.9 Å². The molecule has 2 atom stereocenters. The van der Waals surface area contributed by atoms with Crippen LogP contribution in [0, 0.1) is 11.8 Å². The third kappa shape index (κ3) is 5.49. The molecule has 0 aliphatic heterocycles. The lowest BCUT2D eigenvalue weighted by molar-refractivity contribution is -0.149. The molecule has 1 amide bonds. The molecule has 0 bridgehead atoms. The van der Waals surface area contributed by atoms with Crippen LogP contribution in [0.5, 0.6) is 0 Å². The van der Waals surface area contributed by atoms with Crippen LogP contribution in [-0.2, 0) is 9.59 Å². The first kappa shape index (κ1) is 16.9. The Labute approximate surface area is 110 Å². The van der Waals surface area contributed by atoms with Gasteiger partial charge in [0, 0.05) is 19.0 Å². The fourth-order valence-corrected chi connectivity index (χ4v) is 1.72. The van der Waals surface area contributed by atoms with Gasteiger partial charge in [-0.25, -0.2) is 0 Å². The summed E-state index contributed by atoms with van der Waals surface area (Å²) < 4.78 is 0. The predicted octanol–water partition coefficient (Wildman–Crippen LogP) is 1.14. The van der Waals surface area contributed by atoms with Crippen LogP contribution in [-0.4, -0.2) is 60.5 Å². The van der Waals surface area contributed by atoms with Gasteiger partial charge in [0.05, 0.1) is 5.92 Å². The zero-order valence-electron chi connectivity index (χ0n) is 12.1. The number of carbonyl (C=O) groups excluding carboxylic acids is 1. The molecule has 0 fully saturated rings. The summed E-state index contributed by atoms with van der Waals surface area (Å²) in [5.74, 6) is -2.09. The lowest BCUT2D eigenvalue weighted by Gasteiger charge is -2.26. The van der Waals surface area contributed by atoms with Gasteiger partial charge >= 0.3 is 5.97 Å². The first-order valence-electron chi connectivity index (χ1n) is 6.47. The highest BCUT2D eigenvalue weighted by Gasteiger charge is 2.28. The van der Waals surface area contributed by atoms with E-state index in [-0.39, 0.29) is 5.91 Å². The highest BCUT2D eigenvalue weighted by atomic mass is 16.4. The Morgan fingerprint density at radius 3 is 2.06 bits per heavy atom. The molecule has 0 aromatic heterocycles. The minimum Gasteiger partial charge on any atom is -0.481 e. The van der Waals surface area contributed by atoms with Gasteiger partial charge in [0.25, 0.3) is 0 Å². The maximum atomic E-state index is 12.1. The highest BCUT2D eigenvalue weighted by Crippen LogP contribution is 2.14. The van der Waals surface area contributed by atoms with E-state index in [0.717, 1.165) is 13.0 Å². The summed E-state index contributed by atoms with van der Waals surface area (Å²) in [5.41, 5.74) is 0. The first-order chi connectivity index (χ1) is 8.31. The zero-order valence-corrected chi connectivity index (χ0v) is 12.1. The van der Waals surface area contributed by atoms with Crippen LogP contribution >= 0.6 is 0 Å². The van der Waals surface area contributed by atoms with Gasteiger partial charge in [-0.1, -0.05) is 13.8 Å². The molecule has 0 aliphatic rings. The van der Waals surface area contributed by atoms with E-state index in [4.69, 9.17) is 5.11 Å². The SMILES string of the molecule is CCN(CCCN(C)C)C(=O)C(C)C(C)C(=O)O. The molecule has 5 heteroatoms. The van der Waals surface area contributed by atoms with Gasteiger partial charge in [0.1, 0.15) is 0 Å². The molecule has 5 nitrogen and oxygen atoms in total.